The Labute approximate surface area is 466 Å². The van der Waals surface area contributed by atoms with Gasteiger partial charge < -0.3 is 93.1 Å². The third-order valence-electron chi connectivity index (χ3n) is 8.36. The van der Waals surface area contributed by atoms with E-state index in [1.807, 2.05) is 84.5 Å². The third kappa shape index (κ3) is 58.9. The Hall–Kier alpha value is -8.00. The average molecular weight is 1140 g/mol. The molecule has 2 aliphatic heterocycles. The Bertz CT molecular complexity index is 1930. The molecule has 3 heterocycles. The van der Waals surface area contributed by atoms with Gasteiger partial charge >= 0.3 is 6.03 Å². The number of carbonyl (C=O) groups is 12. The van der Waals surface area contributed by atoms with Crippen LogP contribution >= 0.6 is 23.1 Å². The average Bonchev–Trinajstić information content (AvgIpc) is 4.20. The number of thioether (sulfide) groups is 1. The summed E-state index contributed by atoms with van der Waals surface area (Å²) in [6, 6.07) is 14.9. The number of nitrogens with two attached hydrogens (primary N) is 4. The van der Waals surface area contributed by atoms with Crippen molar-refractivity contribution in [1.82, 2.24) is 20.9 Å². The Balaban J connectivity index is -0.000000107. The number of nitrogens with zero attached hydrogens (tertiary/aromatic N) is 3. The molecule has 1 aromatic heterocycles. The van der Waals surface area contributed by atoms with Gasteiger partial charge in [-0.25, -0.2) is 9.78 Å². The number of aromatic hydroxyl groups is 1. The summed E-state index contributed by atoms with van der Waals surface area (Å²) in [4.78, 5) is 118. The maximum Gasteiger partial charge on any atom is 0.315 e. The molecule has 5 rings (SSSR count). The molecule has 6 amide bonds. The van der Waals surface area contributed by atoms with Gasteiger partial charge in [0.05, 0.1) is 22.3 Å². The minimum absolute atomic E-state index is 0.0437. The number of rotatable bonds is 17. The number of guanidine groups is 1. The topological polar surface area (TPSA) is 467 Å². The number of carbonyl (C=O) groups excluding carboxylic acids is 12. The number of nitriles is 1. The van der Waals surface area contributed by atoms with Crippen molar-refractivity contribution in [2.75, 3.05) is 38.4 Å². The van der Waals surface area contributed by atoms with E-state index < -0.39 is 0 Å². The van der Waals surface area contributed by atoms with E-state index >= 15 is 0 Å². The second-order valence-corrected chi connectivity index (χ2v) is 15.9. The highest BCUT2D eigenvalue weighted by atomic mass is 32.2. The summed E-state index contributed by atoms with van der Waals surface area (Å²) in [6.07, 6.45) is 10.4. The van der Waals surface area contributed by atoms with Gasteiger partial charge in [0, 0.05) is 69.7 Å². The number of phenols is 1. The molecule has 442 valence electrons. The van der Waals surface area contributed by atoms with E-state index in [0.717, 1.165) is 88.0 Å². The van der Waals surface area contributed by atoms with E-state index in [2.05, 4.69) is 42.7 Å². The Morgan fingerprint density at radius 1 is 0.808 bits per heavy atom. The van der Waals surface area contributed by atoms with Gasteiger partial charge in [-0.2, -0.15) is 17.0 Å². The summed E-state index contributed by atoms with van der Waals surface area (Å²) in [5.41, 5.74) is 22.0. The lowest BCUT2D eigenvalue weighted by molar-refractivity contribution is -0.121. The molecule has 2 aromatic carbocycles. The minimum Gasteiger partial charge on any atom is -0.508 e. The zero-order valence-corrected chi connectivity index (χ0v) is 47.4. The van der Waals surface area contributed by atoms with Crippen LogP contribution in [0, 0.1) is 18.3 Å². The van der Waals surface area contributed by atoms with Crippen LogP contribution in [0.15, 0.2) is 47.5 Å². The number of aromatic nitrogens is 1. The number of hydrogen-bond acceptors (Lipinski definition) is 20. The van der Waals surface area contributed by atoms with Gasteiger partial charge in [-0.15, -0.1) is 11.3 Å². The van der Waals surface area contributed by atoms with E-state index in [-0.39, 0.29) is 41.8 Å². The smallest absolute Gasteiger partial charge is 0.315 e. The summed E-state index contributed by atoms with van der Waals surface area (Å²) in [6.45, 7) is 20.9. The largest absolute Gasteiger partial charge is 0.508 e. The van der Waals surface area contributed by atoms with E-state index in [0.29, 0.717) is 60.3 Å². The second kappa shape index (κ2) is 73.2. The lowest BCUT2D eigenvalue weighted by atomic mass is 10.0. The molecule has 2 aliphatic rings. The van der Waals surface area contributed by atoms with E-state index in [1.165, 1.54) is 16.9 Å². The number of aryl methyl sites for hydroxylation is 1. The molecule has 0 aliphatic carbocycles. The molecule has 0 spiro atoms. The van der Waals surface area contributed by atoms with E-state index in [1.54, 1.807) is 44.2 Å². The maximum atomic E-state index is 11.7. The van der Waals surface area contributed by atoms with Crippen LogP contribution in [0.1, 0.15) is 102 Å². The first-order chi connectivity index (χ1) is 37.6. The number of anilines is 1. The highest BCUT2D eigenvalue weighted by Gasteiger charge is 2.42. The molecule has 0 radical (unpaired) electrons. The fourth-order valence-electron chi connectivity index (χ4n) is 5.04. The Morgan fingerprint density at radius 3 is 1.76 bits per heavy atom. The SMILES string of the molecule is C=O.C=O.C=O.C=O.C=O.C=O.CCC(N)=O.CCC(N)=O.CCCN=C(N)N.CO.CO.Cc1ccc(O)cc1.N#Cc1nc2ccc(NC=O)cc2s1.O=CCCCCCNC(=O)CCCCC1SCC2NC(=O)NC21. The normalized spacial score (nSPS) is 12.3. The number of urea groups is 1. The number of aldehydes is 1. The highest BCUT2D eigenvalue weighted by Crippen LogP contribution is 2.33. The summed E-state index contributed by atoms with van der Waals surface area (Å²) >= 11 is 3.23. The van der Waals surface area contributed by atoms with Crippen molar-refractivity contribution >= 4 is 122 Å². The van der Waals surface area contributed by atoms with Gasteiger partial charge in [0.1, 0.15) is 58.8 Å². The number of primary amides is 2. The van der Waals surface area contributed by atoms with E-state index in [4.69, 9.17) is 60.8 Å². The number of aliphatic hydroxyl groups is 2. The van der Waals surface area contributed by atoms with Crippen molar-refractivity contribution in [1.29, 1.82) is 5.26 Å². The molecule has 3 aromatic rings. The first kappa shape index (κ1) is 89.6. The maximum absolute atomic E-state index is 11.7. The number of phenolic OH excluding ortho intramolecular Hbond substituents is 1. The molecule has 2 fully saturated rings. The summed E-state index contributed by atoms with van der Waals surface area (Å²) in [7, 11) is 2.00. The number of nitrogens with one attached hydrogen (secondary N) is 4. The van der Waals surface area contributed by atoms with Gasteiger partial charge in [-0.05, 0) is 69.4 Å². The van der Waals surface area contributed by atoms with Crippen LogP contribution < -0.4 is 44.2 Å². The minimum atomic E-state index is -0.245. The van der Waals surface area contributed by atoms with Crippen LogP contribution in [0.5, 0.6) is 5.75 Å². The molecule has 28 heteroatoms. The van der Waals surface area contributed by atoms with Gasteiger partial charge in [-0.3, -0.25) is 24.2 Å². The molecule has 3 atom stereocenters. The molecule has 3 unspecified atom stereocenters. The van der Waals surface area contributed by atoms with Gasteiger partial charge in [0.15, 0.2) is 11.0 Å². The molecule has 2 saturated heterocycles. The van der Waals surface area contributed by atoms with Crippen molar-refractivity contribution < 1.29 is 72.9 Å². The first-order valence-corrected chi connectivity index (χ1v) is 24.9. The molecule has 26 nitrogen and oxygen atoms in total. The lowest BCUT2D eigenvalue weighted by Gasteiger charge is -2.16. The molecule has 15 N–H and O–H groups in total. The van der Waals surface area contributed by atoms with Crippen LogP contribution in [-0.2, 0) is 52.7 Å². The summed E-state index contributed by atoms with van der Waals surface area (Å²) in [5.74, 6) is 1.12. The lowest BCUT2D eigenvalue weighted by Crippen LogP contribution is -2.36. The van der Waals surface area contributed by atoms with Crippen LogP contribution in [0.25, 0.3) is 10.2 Å². The summed E-state index contributed by atoms with van der Waals surface area (Å²) in [5, 5.41) is 43.7. The van der Waals surface area contributed by atoms with Crippen molar-refractivity contribution in [2.45, 2.75) is 116 Å². The zero-order valence-electron chi connectivity index (χ0n) is 45.8. The fourth-order valence-corrected chi connectivity index (χ4v) is 7.38. The standard InChI is InChI=1S/C16H27N3O3S.C9H5N3OS.C7H8O.C4H11N3.2C3H7NO.2CH4O.6CH2O/c20-10-6-2-1-5-9-17-14(21)8-4-3-7-13-15-12(11-23-13)18-16(22)19-15;10-4-9-12-7-2-1-6(11-5-13)3-8(7)14-9;1-6-2-4-7(8)5-3-6;1-2-3-7-4(5)6;2*1-2-3(4)5;8*1-2/h10,12-13,15H,1-9,11H2,(H,17,21)(H2,18,19,22);1-3,5H,(H,11,13);2-5,8H,1H3;2-3H2,1H3,(H4,5,6,7);2*2H2,1H3,(H2,4,5);2*2H,1H3;6*1H2. The Morgan fingerprint density at radius 2 is 1.33 bits per heavy atom. The van der Waals surface area contributed by atoms with Gasteiger partial charge in [0.25, 0.3) is 0 Å². The highest BCUT2D eigenvalue weighted by molar-refractivity contribution is 8.00. The number of unbranched alkanes of at least 4 members (excludes halogenated alkanes) is 4. The number of amides is 6. The zero-order chi connectivity index (χ0) is 62.7. The quantitative estimate of drug-likeness (QED) is 0.0304. The summed E-state index contributed by atoms with van der Waals surface area (Å²) < 4.78 is 0.897. The monoisotopic (exact) mass is 1140 g/mol. The fraction of sp³-hybridized carbons (Fsp3) is 0.460. The number of aliphatic imine (C=N–C) groups is 1. The molecular weight excluding hydrogens is 1060 g/mol. The number of fused-ring (bicyclic) bond motifs is 2. The number of hydrogen-bond donors (Lipinski definition) is 11. The predicted molar refractivity (Wildman–Crippen MR) is 307 cm³/mol. The van der Waals surface area contributed by atoms with Crippen molar-refractivity contribution in [3.05, 3.63) is 53.0 Å². The molecular formula is C50H85N11O15S2. The molecule has 0 bridgehead atoms. The third-order valence-corrected chi connectivity index (χ3v) is 10.8. The number of aliphatic hydroxyl groups excluding tert-OH is 2. The van der Waals surface area contributed by atoms with Crippen molar-refractivity contribution in [3.63, 3.8) is 0 Å². The van der Waals surface area contributed by atoms with Crippen LogP contribution in [0.4, 0.5) is 10.5 Å². The predicted octanol–water partition coefficient (Wildman–Crippen LogP) is 2.57. The number of thiazole rings is 1. The van der Waals surface area contributed by atoms with Crippen molar-refractivity contribution in [3.8, 4) is 11.8 Å². The van der Waals surface area contributed by atoms with Crippen molar-refractivity contribution in [2.24, 2.45) is 27.9 Å². The van der Waals surface area contributed by atoms with E-state index in [9.17, 15) is 28.8 Å². The second-order valence-electron chi connectivity index (χ2n) is 13.6. The molecule has 78 heavy (non-hydrogen) atoms. The van der Waals surface area contributed by atoms with Crippen LogP contribution in [0.3, 0.4) is 0 Å². The molecule has 0 saturated carbocycles. The number of benzene rings is 2. The van der Waals surface area contributed by atoms with Gasteiger partial charge in [-0.1, -0.05) is 51.3 Å². The van der Waals surface area contributed by atoms with Crippen LogP contribution in [0.2, 0.25) is 0 Å². The first-order valence-electron chi connectivity index (χ1n) is 23.0. The van der Waals surface area contributed by atoms with Crippen LogP contribution in [-0.4, -0.2) is 154 Å². The van der Waals surface area contributed by atoms with Gasteiger partial charge in [0.2, 0.25) is 24.1 Å². The Kier molecular flexibility index (Phi) is 84.1.